The maximum Gasteiger partial charge on any atom is 0.264 e. The molecule has 2 aromatic rings. The van der Waals surface area contributed by atoms with Crippen molar-refractivity contribution in [3.05, 3.63) is 33.5 Å². The SMILES string of the molecule is COCc1nnc2n1[C@@H](C)CN(C(=O)c1ccc(C(C)=O)s1)C2. The number of carbonyl (C=O) groups excluding carboxylic acids is 2. The average Bonchev–Trinajstić information content (AvgIpc) is 3.14. The van der Waals surface area contributed by atoms with E-state index in [1.54, 1.807) is 24.1 Å². The van der Waals surface area contributed by atoms with Crippen molar-refractivity contribution in [3.8, 4) is 0 Å². The number of hydrogen-bond donors (Lipinski definition) is 0. The van der Waals surface area contributed by atoms with Gasteiger partial charge in [0.05, 0.1) is 22.3 Å². The topological polar surface area (TPSA) is 77.3 Å². The van der Waals surface area contributed by atoms with Crippen molar-refractivity contribution in [1.29, 1.82) is 0 Å². The molecule has 1 amide bonds. The minimum Gasteiger partial charge on any atom is -0.377 e. The first-order valence-corrected chi connectivity index (χ1v) is 8.14. The third-order valence-corrected chi connectivity index (χ3v) is 4.99. The Hall–Kier alpha value is -2.06. The molecule has 0 N–H and O–H groups in total. The maximum absolute atomic E-state index is 12.7. The Morgan fingerprint density at radius 1 is 1.35 bits per heavy atom. The van der Waals surface area contributed by atoms with Crippen LogP contribution in [0, 0.1) is 0 Å². The van der Waals surface area contributed by atoms with Gasteiger partial charge in [0.2, 0.25) is 0 Å². The minimum atomic E-state index is -0.0723. The molecule has 0 saturated carbocycles. The molecule has 0 unspecified atom stereocenters. The van der Waals surface area contributed by atoms with Gasteiger partial charge in [0.15, 0.2) is 17.4 Å². The summed E-state index contributed by atoms with van der Waals surface area (Å²) in [7, 11) is 1.62. The first-order chi connectivity index (χ1) is 11.0. The van der Waals surface area contributed by atoms with Gasteiger partial charge in [-0.1, -0.05) is 0 Å². The number of ether oxygens (including phenoxy) is 1. The lowest BCUT2D eigenvalue weighted by molar-refractivity contribution is 0.0680. The molecule has 0 bridgehead atoms. The van der Waals surface area contributed by atoms with Gasteiger partial charge in [-0.05, 0) is 26.0 Å². The van der Waals surface area contributed by atoms with Crippen molar-refractivity contribution in [1.82, 2.24) is 19.7 Å². The molecule has 7 nitrogen and oxygen atoms in total. The van der Waals surface area contributed by atoms with E-state index in [1.807, 2.05) is 11.5 Å². The van der Waals surface area contributed by atoms with Gasteiger partial charge in [-0.2, -0.15) is 0 Å². The number of amides is 1. The van der Waals surface area contributed by atoms with E-state index < -0.39 is 0 Å². The summed E-state index contributed by atoms with van der Waals surface area (Å²) in [5.41, 5.74) is 0. The van der Waals surface area contributed by atoms with Crippen LogP contribution in [0.15, 0.2) is 12.1 Å². The first-order valence-electron chi connectivity index (χ1n) is 7.33. The molecule has 122 valence electrons. The van der Waals surface area contributed by atoms with Gasteiger partial charge in [0, 0.05) is 13.7 Å². The molecular formula is C15H18N4O3S. The number of fused-ring (bicyclic) bond motifs is 1. The summed E-state index contributed by atoms with van der Waals surface area (Å²) in [5.74, 6) is 1.44. The molecule has 0 aromatic carbocycles. The van der Waals surface area contributed by atoms with E-state index in [4.69, 9.17) is 4.74 Å². The number of hydrogen-bond acceptors (Lipinski definition) is 6. The van der Waals surface area contributed by atoms with Crippen LogP contribution in [0.25, 0.3) is 0 Å². The zero-order valence-electron chi connectivity index (χ0n) is 13.3. The summed E-state index contributed by atoms with van der Waals surface area (Å²) < 4.78 is 7.17. The molecule has 23 heavy (non-hydrogen) atoms. The molecule has 0 spiro atoms. The summed E-state index contributed by atoms with van der Waals surface area (Å²) in [5, 5.41) is 8.31. The van der Waals surface area contributed by atoms with Crippen molar-refractivity contribution in [2.75, 3.05) is 13.7 Å². The van der Waals surface area contributed by atoms with E-state index in [-0.39, 0.29) is 17.7 Å². The Morgan fingerprint density at radius 3 is 2.74 bits per heavy atom. The second-order valence-electron chi connectivity index (χ2n) is 5.59. The molecule has 3 heterocycles. The Labute approximate surface area is 137 Å². The molecule has 3 rings (SSSR count). The number of nitrogens with zero attached hydrogens (tertiary/aromatic N) is 4. The number of Topliss-reactive ketones (excluding diaryl/α,β-unsaturated/α-hetero) is 1. The standard InChI is InChI=1S/C15H18N4O3S/c1-9-6-18(7-13-16-17-14(8-22-3)19(9)13)15(21)12-5-4-11(23-12)10(2)20/h4-5,9H,6-8H2,1-3H3/t9-/m0/s1. The zero-order chi connectivity index (χ0) is 16.6. The monoisotopic (exact) mass is 334 g/mol. The minimum absolute atomic E-state index is 0.0231. The van der Waals surface area contributed by atoms with Crippen molar-refractivity contribution in [3.63, 3.8) is 0 Å². The van der Waals surface area contributed by atoms with Crippen LogP contribution in [0.1, 0.15) is 50.9 Å². The lowest BCUT2D eigenvalue weighted by Crippen LogP contribution is -2.40. The summed E-state index contributed by atoms with van der Waals surface area (Å²) in [4.78, 5) is 27.0. The number of methoxy groups -OCH3 is 1. The third-order valence-electron chi connectivity index (χ3n) is 3.82. The number of rotatable bonds is 4. The smallest absolute Gasteiger partial charge is 0.264 e. The van der Waals surface area contributed by atoms with Gasteiger partial charge >= 0.3 is 0 Å². The Bertz CT molecular complexity index is 752. The average molecular weight is 334 g/mol. The van der Waals surface area contributed by atoms with Gasteiger partial charge in [0.1, 0.15) is 6.61 Å². The molecule has 0 fully saturated rings. The van der Waals surface area contributed by atoms with E-state index >= 15 is 0 Å². The number of aromatic nitrogens is 3. The van der Waals surface area contributed by atoms with Crippen molar-refractivity contribution < 1.29 is 14.3 Å². The maximum atomic E-state index is 12.7. The highest BCUT2D eigenvalue weighted by Crippen LogP contribution is 2.25. The predicted octanol–water partition coefficient (Wildman–Crippen LogP) is 1.91. The van der Waals surface area contributed by atoms with Crippen LogP contribution in [0.4, 0.5) is 0 Å². The summed E-state index contributed by atoms with van der Waals surface area (Å²) >= 11 is 1.24. The van der Waals surface area contributed by atoms with E-state index in [9.17, 15) is 9.59 Å². The number of ketones is 1. The summed E-state index contributed by atoms with van der Waals surface area (Å²) in [6, 6.07) is 3.49. The predicted molar refractivity (Wildman–Crippen MR) is 84.5 cm³/mol. The quantitative estimate of drug-likeness (QED) is 0.798. The van der Waals surface area contributed by atoms with Gasteiger partial charge in [-0.3, -0.25) is 9.59 Å². The van der Waals surface area contributed by atoms with Crippen LogP contribution in [0.3, 0.4) is 0 Å². The first kappa shape index (κ1) is 15.8. The molecule has 2 aromatic heterocycles. The fourth-order valence-corrected chi connectivity index (χ4v) is 3.66. The van der Waals surface area contributed by atoms with Crippen LogP contribution in [0.5, 0.6) is 0 Å². The van der Waals surface area contributed by atoms with Crippen LogP contribution in [-0.2, 0) is 17.9 Å². The van der Waals surface area contributed by atoms with E-state index in [0.29, 0.717) is 29.5 Å². The Morgan fingerprint density at radius 2 is 2.09 bits per heavy atom. The van der Waals surface area contributed by atoms with Crippen molar-refractivity contribution >= 4 is 23.0 Å². The normalized spacial score (nSPS) is 17.2. The second kappa shape index (κ2) is 6.21. The van der Waals surface area contributed by atoms with Gasteiger partial charge in [0.25, 0.3) is 5.91 Å². The van der Waals surface area contributed by atoms with Crippen molar-refractivity contribution in [2.45, 2.75) is 33.0 Å². The van der Waals surface area contributed by atoms with E-state index in [0.717, 1.165) is 11.6 Å². The largest absolute Gasteiger partial charge is 0.377 e. The van der Waals surface area contributed by atoms with Gasteiger partial charge in [-0.15, -0.1) is 21.5 Å². The molecule has 1 atom stereocenters. The van der Waals surface area contributed by atoms with Crippen molar-refractivity contribution in [2.24, 2.45) is 0 Å². The van der Waals surface area contributed by atoms with Crippen LogP contribution >= 0.6 is 11.3 Å². The Balaban J connectivity index is 1.82. The van der Waals surface area contributed by atoms with E-state index in [1.165, 1.54) is 18.3 Å². The lowest BCUT2D eigenvalue weighted by Gasteiger charge is -2.32. The second-order valence-corrected chi connectivity index (χ2v) is 6.67. The molecule has 1 aliphatic rings. The molecular weight excluding hydrogens is 316 g/mol. The van der Waals surface area contributed by atoms with E-state index in [2.05, 4.69) is 10.2 Å². The Kier molecular flexibility index (Phi) is 4.27. The number of thiophene rings is 1. The van der Waals surface area contributed by atoms with Gasteiger partial charge in [-0.25, -0.2) is 0 Å². The third kappa shape index (κ3) is 2.91. The zero-order valence-corrected chi connectivity index (χ0v) is 14.1. The molecule has 0 aliphatic carbocycles. The highest BCUT2D eigenvalue weighted by Gasteiger charge is 2.30. The lowest BCUT2D eigenvalue weighted by atomic mass is 10.2. The molecule has 1 aliphatic heterocycles. The van der Waals surface area contributed by atoms with Gasteiger partial charge < -0.3 is 14.2 Å². The van der Waals surface area contributed by atoms with Crippen LogP contribution in [-0.4, -0.2) is 45.0 Å². The summed E-state index contributed by atoms with van der Waals surface area (Å²) in [6.45, 7) is 4.92. The van der Waals surface area contributed by atoms with Crippen LogP contribution < -0.4 is 0 Å². The summed E-state index contributed by atoms with van der Waals surface area (Å²) in [6.07, 6.45) is 0. The van der Waals surface area contributed by atoms with Crippen LogP contribution in [0.2, 0.25) is 0 Å². The highest BCUT2D eigenvalue weighted by atomic mass is 32.1. The number of carbonyl (C=O) groups is 2. The fraction of sp³-hybridized carbons (Fsp3) is 0.467. The fourth-order valence-electron chi connectivity index (χ4n) is 2.79. The molecule has 8 heteroatoms. The highest BCUT2D eigenvalue weighted by molar-refractivity contribution is 7.15. The molecule has 0 radical (unpaired) electrons. The molecule has 0 saturated heterocycles.